The van der Waals surface area contributed by atoms with Gasteiger partial charge in [0.05, 0.1) is 11.7 Å². The van der Waals surface area contributed by atoms with Gasteiger partial charge in [0.15, 0.2) is 0 Å². The lowest BCUT2D eigenvalue weighted by Crippen LogP contribution is -2.31. The molecule has 14 heavy (non-hydrogen) atoms. The third-order valence-corrected chi connectivity index (χ3v) is 2.64. The van der Waals surface area contributed by atoms with Crippen molar-refractivity contribution < 1.29 is 0 Å². The van der Waals surface area contributed by atoms with Crippen LogP contribution < -0.4 is 11.5 Å². The highest BCUT2D eigenvalue weighted by Gasteiger charge is 2.27. The Kier molecular flexibility index (Phi) is 3.61. The number of hydrogen-bond donors (Lipinski definition) is 2. The van der Waals surface area contributed by atoms with Crippen molar-refractivity contribution in [1.82, 2.24) is 4.98 Å². The van der Waals surface area contributed by atoms with Crippen LogP contribution in [0.3, 0.4) is 0 Å². The van der Waals surface area contributed by atoms with Crippen molar-refractivity contribution in [2.75, 3.05) is 6.54 Å². The molecule has 0 aliphatic heterocycles. The van der Waals surface area contributed by atoms with Crippen molar-refractivity contribution in [2.45, 2.75) is 26.3 Å². The van der Waals surface area contributed by atoms with Crippen molar-refractivity contribution in [2.24, 2.45) is 16.9 Å². The summed E-state index contributed by atoms with van der Waals surface area (Å²) in [5.41, 5.74) is 12.6. The molecule has 0 amide bonds. The van der Waals surface area contributed by atoms with E-state index in [1.165, 1.54) is 0 Å². The molecule has 0 radical (unpaired) electrons. The molecule has 1 unspecified atom stereocenters. The number of aromatic nitrogens is 1. The van der Waals surface area contributed by atoms with E-state index < -0.39 is 0 Å². The van der Waals surface area contributed by atoms with Crippen LogP contribution in [0.15, 0.2) is 24.4 Å². The highest BCUT2D eigenvalue weighted by Crippen LogP contribution is 2.32. The molecule has 1 aromatic heterocycles. The van der Waals surface area contributed by atoms with Crippen LogP contribution in [0.25, 0.3) is 0 Å². The smallest absolute Gasteiger partial charge is 0.0576 e. The van der Waals surface area contributed by atoms with Gasteiger partial charge in [-0.15, -0.1) is 0 Å². The molecule has 0 fully saturated rings. The Labute approximate surface area is 85.5 Å². The Morgan fingerprint density at radius 2 is 2.14 bits per heavy atom. The second-order valence-electron chi connectivity index (χ2n) is 4.26. The topological polar surface area (TPSA) is 64.9 Å². The summed E-state index contributed by atoms with van der Waals surface area (Å²) in [4.78, 5) is 4.26. The van der Waals surface area contributed by atoms with Crippen LogP contribution in [0.4, 0.5) is 0 Å². The van der Waals surface area contributed by atoms with Crippen LogP contribution in [0.5, 0.6) is 0 Å². The molecule has 1 heterocycles. The molecule has 0 aromatic carbocycles. The van der Waals surface area contributed by atoms with Crippen molar-refractivity contribution in [3.63, 3.8) is 0 Å². The Bertz CT molecular complexity index is 269. The Balaban J connectivity index is 2.79. The maximum atomic E-state index is 6.14. The zero-order valence-corrected chi connectivity index (χ0v) is 8.90. The minimum Gasteiger partial charge on any atom is -0.330 e. The molecule has 1 aromatic rings. The van der Waals surface area contributed by atoms with Gasteiger partial charge in [-0.1, -0.05) is 19.9 Å². The summed E-state index contributed by atoms with van der Waals surface area (Å²) in [5.74, 6) is 0. The van der Waals surface area contributed by atoms with Gasteiger partial charge in [-0.25, -0.2) is 0 Å². The van der Waals surface area contributed by atoms with E-state index in [-0.39, 0.29) is 11.5 Å². The van der Waals surface area contributed by atoms with E-state index in [4.69, 9.17) is 11.5 Å². The van der Waals surface area contributed by atoms with Crippen molar-refractivity contribution in [1.29, 1.82) is 0 Å². The second kappa shape index (κ2) is 4.53. The van der Waals surface area contributed by atoms with Crippen molar-refractivity contribution >= 4 is 0 Å². The first-order valence-electron chi connectivity index (χ1n) is 4.94. The van der Waals surface area contributed by atoms with Gasteiger partial charge in [0.2, 0.25) is 0 Å². The molecule has 1 atom stereocenters. The van der Waals surface area contributed by atoms with Crippen LogP contribution in [0, 0.1) is 5.41 Å². The number of nitrogens with zero attached hydrogens (tertiary/aromatic N) is 1. The quantitative estimate of drug-likeness (QED) is 0.760. The van der Waals surface area contributed by atoms with E-state index in [9.17, 15) is 0 Å². The van der Waals surface area contributed by atoms with Gasteiger partial charge in [-0.05, 0) is 30.5 Å². The highest BCUT2D eigenvalue weighted by molar-refractivity contribution is 5.10. The maximum absolute atomic E-state index is 6.14. The average molecular weight is 193 g/mol. The summed E-state index contributed by atoms with van der Waals surface area (Å²) < 4.78 is 0. The first-order chi connectivity index (χ1) is 6.58. The van der Waals surface area contributed by atoms with E-state index in [1.54, 1.807) is 6.20 Å². The highest BCUT2D eigenvalue weighted by atomic mass is 14.8. The number of hydrogen-bond acceptors (Lipinski definition) is 3. The Hall–Kier alpha value is -0.930. The van der Waals surface area contributed by atoms with Gasteiger partial charge < -0.3 is 11.5 Å². The van der Waals surface area contributed by atoms with Gasteiger partial charge in [0.1, 0.15) is 0 Å². The predicted octanol–water partition coefficient (Wildman–Crippen LogP) is 1.46. The van der Waals surface area contributed by atoms with Crippen LogP contribution in [0.2, 0.25) is 0 Å². The first kappa shape index (κ1) is 11.1. The molecule has 0 saturated heterocycles. The summed E-state index contributed by atoms with van der Waals surface area (Å²) in [6.45, 7) is 4.91. The monoisotopic (exact) mass is 193 g/mol. The number of pyridine rings is 1. The van der Waals surface area contributed by atoms with Crippen molar-refractivity contribution in [3.8, 4) is 0 Å². The zero-order chi connectivity index (χ0) is 10.6. The summed E-state index contributed by atoms with van der Waals surface area (Å²) >= 11 is 0. The lowest BCUT2D eigenvalue weighted by molar-refractivity contribution is 0.267. The van der Waals surface area contributed by atoms with E-state index in [0.717, 1.165) is 12.1 Å². The summed E-state index contributed by atoms with van der Waals surface area (Å²) in [6.07, 6.45) is 2.68. The van der Waals surface area contributed by atoms with Gasteiger partial charge >= 0.3 is 0 Å². The molecule has 0 saturated carbocycles. The van der Waals surface area contributed by atoms with Crippen LogP contribution in [0.1, 0.15) is 32.0 Å². The SMILES string of the molecule is CC(C)(CCN)C(N)c1ccccn1. The molecule has 4 N–H and O–H groups in total. The number of nitrogens with two attached hydrogens (primary N) is 2. The fourth-order valence-electron chi connectivity index (χ4n) is 1.49. The summed E-state index contributed by atoms with van der Waals surface area (Å²) in [7, 11) is 0. The van der Waals surface area contributed by atoms with Crippen LogP contribution >= 0.6 is 0 Å². The van der Waals surface area contributed by atoms with Crippen LogP contribution in [-0.4, -0.2) is 11.5 Å². The molecular weight excluding hydrogens is 174 g/mol. The fourth-order valence-corrected chi connectivity index (χ4v) is 1.49. The average Bonchev–Trinajstić information content (AvgIpc) is 2.18. The molecule has 3 nitrogen and oxygen atoms in total. The first-order valence-corrected chi connectivity index (χ1v) is 4.94. The third kappa shape index (κ3) is 2.53. The number of rotatable bonds is 4. The lowest BCUT2D eigenvalue weighted by atomic mass is 9.80. The predicted molar refractivity (Wildman–Crippen MR) is 58.6 cm³/mol. The minimum absolute atomic E-state index is 0.00308. The van der Waals surface area contributed by atoms with Gasteiger partial charge in [0, 0.05) is 6.20 Å². The minimum atomic E-state index is -0.0488. The second-order valence-corrected chi connectivity index (χ2v) is 4.26. The molecule has 0 aliphatic carbocycles. The molecule has 78 valence electrons. The van der Waals surface area contributed by atoms with E-state index in [2.05, 4.69) is 18.8 Å². The van der Waals surface area contributed by atoms with E-state index in [0.29, 0.717) is 6.54 Å². The lowest BCUT2D eigenvalue weighted by Gasteiger charge is -2.30. The maximum Gasteiger partial charge on any atom is 0.0576 e. The van der Waals surface area contributed by atoms with Crippen LogP contribution in [-0.2, 0) is 0 Å². The third-order valence-electron chi connectivity index (χ3n) is 2.64. The van der Waals surface area contributed by atoms with Gasteiger partial charge in [0.25, 0.3) is 0 Å². The molecule has 0 bridgehead atoms. The van der Waals surface area contributed by atoms with Crippen molar-refractivity contribution in [3.05, 3.63) is 30.1 Å². The largest absolute Gasteiger partial charge is 0.330 e. The standard InChI is InChI=1S/C11H19N3/c1-11(2,6-7-12)10(13)9-5-3-4-8-14-9/h3-5,8,10H,6-7,12-13H2,1-2H3. The normalized spacial score (nSPS) is 14.0. The van der Waals surface area contributed by atoms with Gasteiger partial charge in [-0.2, -0.15) is 0 Å². The zero-order valence-electron chi connectivity index (χ0n) is 8.90. The fraction of sp³-hybridized carbons (Fsp3) is 0.545. The van der Waals surface area contributed by atoms with Gasteiger partial charge in [-0.3, -0.25) is 4.98 Å². The van der Waals surface area contributed by atoms with E-state index in [1.807, 2.05) is 18.2 Å². The molecule has 0 spiro atoms. The summed E-state index contributed by atoms with van der Waals surface area (Å²) in [6, 6.07) is 5.77. The molecule has 1 rings (SSSR count). The Morgan fingerprint density at radius 3 is 2.64 bits per heavy atom. The molecule has 3 heteroatoms. The summed E-state index contributed by atoms with van der Waals surface area (Å²) in [5, 5.41) is 0. The van der Waals surface area contributed by atoms with E-state index >= 15 is 0 Å². The molecular formula is C11H19N3. The molecule has 0 aliphatic rings. The Morgan fingerprint density at radius 1 is 1.43 bits per heavy atom.